The van der Waals surface area contributed by atoms with Crippen molar-refractivity contribution in [2.45, 2.75) is 38.8 Å². The summed E-state index contributed by atoms with van der Waals surface area (Å²) in [6.45, 7) is 9.80. The zero-order valence-corrected chi connectivity index (χ0v) is 10.4. The molecule has 1 saturated heterocycles. The van der Waals surface area contributed by atoms with Crippen molar-refractivity contribution in [3.8, 4) is 0 Å². The molecule has 1 aliphatic heterocycles. The van der Waals surface area contributed by atoms with Crippen molar-refractivity contribution in [1.29, 1.82) is 0 Å². The molecule has 15 heavy (non-hydrogen) atoms. The van der Waals surface area contributed by atoms with Gasteiger partial charge in [0.25, 0.3) is 0 Å². The Morgan fingerprint density at radius 1 is 1.47 bits per heavy atom. The van der Waals surface area contributed by atoms with E-state index in [1.54, 1.807) is 0 Å². The first-order valence-electron chi connectivity index (χ1n) is 5.40. The van der Waals surface area contributed by atoms with Gasteiger partial charge >= 0.3 is 0 Å². The van der Waals surface area contributed by atoms with Crippen LogP contribution in [-0.4, -0.2) is 48.7 Å². The predicted molar refractivity (Wildman–Crippen MR) is 59.7 cm³/mol. The second kappa shape index (κ2) is 4.10. The van der Waals surface area contributed by atoms with Gasteiger partial charge in [-0.25, -0.2) is 0 Å². The lowest BCUT2D eigenvalue weighted by molar-refractivity contribution is -0.152. The molecule has 0 spiro atoms. The first kappa shape index (κ1) is 12.5. The van der Waals surface area contributed by atoms with Crippen molar-refractivity contribution >= 4 is 5.91 Å². The Bertz CT molecular complexity index is 249. The van der Waals surface area contributed by atoms with Gasteiger partial charge in [-0.2, -0.15) is 0 Å². The average molecular weight is 214 g/mol. The largest absolute Gasteiger partial charge is 0.377 e. The van der Waals surface area contributed by atoms with Crippen molar-refractivity contribution in [2.24, 2.45) is 0 Å². The summed E-state index contributed by atoms with van der Waals surface area (Å²) >= 11 is 0. The van der Waals surface area contributed by atoms with Gasteiger partial charge < -0.3 is 15.0 Å². The highest BCUT2D eigenvalue weighted by Crippen LogP contribution is 2.22. The summed E-state index contributed by atoms with van der Waals surface area (Å²) < 4.78 is 5.40. The number of hydrogen-bond acceptors (Lipinski definition) is 3. The third-order valence-corrected chi connectivity index (χ3v) is 3.05. The quantitative estimate of drug-likeness (QED) is 0.733. The van der Waals surface area contributed by atoms with E-state index in [9.17, 15) is 4.79 Å². The third-order valence-electron chi connectivity index (χ3n) is 3.05. The molecule has 0 aliphatic carbocycles. The number of carbonyl (C=O) groups excluding carboxylic acids is 1. The van der Waals surface area contributed by atoms with Crippen LogP contribution in [0.4, 0.5) is 0 Å². The Balaban J connectivity index is 2.82. The number of nitrogens with zero attached hydrogens (tertiary/aromatic N) is 1. The number of morpholine rings is 1. The van der Waals surface area contributed by atoms with Crippen molar-refractivity contribution < 1.29 is 9.53 Å². The third kappa shape index (κ3) is 2.49. The van der Waals surface area contributed by atoms with Crippen LogP contribution in [0.5, 0.6) is 0 Å². The molecule has 1 rings (SSSR count). The minimum absolute atomic E-state index is 0.137. The molecular weight excluding hydrogens is 192 g/mol. The van der Waals surface area contributed by atoms with Gasteiger partial charge in [-0.15, -0.1) is 0 Å². The summed E-state index contributed by atoms with van der Waals surface area (Å²) in [5, 5.41) is 3.04. The number of carbonyl (C=O) groups is 1. The van der Waals surface area contributed by atoms with E-state index in [4.69, 9.17) is 4.74 Å². The fraction of sp³-hybridized carbons (Fsp3) is 0.909. The Morgan fingerprint density at radius 2 is 2.07 bits per heavy atom. The fourth-order valence-electron chi connectivity index (χ4n) is 1.68. The van der Waals surface area contributed by atoms with Crippen LogP contribution in [0, 0.1) is 0 Å². The zero-order chi connectivity index (χ0) is 11.7. The number of nitrogens with one attached hydrogen (secondary N) is 1. The van der Waals surface area contributed by atoms with E-state index in [1.165, 1.54) is 0 Å². The summed E-state index contributed by atoms with van der Waals surface area (Å²) in [6.07, 6.45) is 0. The van der Waals surface area contributed by atoms with Crippen LogP contribution < -0.4 is 5.32 Å². The Labute approximate surface area is 92.0 Å². The highest BCUT2D eigenvalue weighted by molar-refractivity contribution is 5.86. The van der Waals surface area contributed by atoms with Gasteiger partial charge in [0.2, 0.25) is 5.91 Å². The van der Waals surface area contributed by atoms with Crippen LogP contribution in [-0.2, 0) is 9.53 Å². The van der Waals surface area contributed by atoms with Crippen molar-refractivity contribution in [3.63, 3.8) is 0 Å². The normalized spacial score (nSPS) is 21.5. The highest BCUT2D eigenvalue weighted by atomic mass is 16.5. The van der Waals surface area contributed by atoms with Crippen molar-refractivity contribution in [1.82, 2.24) is 10.2 Å². The number of amides is 1. The lowest BCUT2D eigenvalue weighted by atomic mass is 9.96. The fourth-order valence-corrected chi connectivity index (χ4v) is 1.68. The molecule has 1 heterocycles. The van der Waals surface area contributed by atoms with E-state index >= 15 is 0 Å². The molecule has 88 valence electrons. The Kier molecular flexibility index (Phi) is 3.41. The molecule has 0 bridgehead atoms. The number of likely N-dealkylation sites (N-methyl/N-ethyl adjacent to an activating group) is 1. The summed E-state index contributed by atoms with van der Waals surface area (Å²) in [5.41, 5.74) is -0.710. The maximum Gasteiger partial charge on any atom is 0.242 e. The topological polar surface area (TPSA) is 41.6 Å². The molecule has 0 aromatic rings. The molecular formula is C11H22N2O2. The first-order chi connectivity index (χ1) is 6.81. The predicted octanol–water partition coefficient (Wildman–Crippen LogP) is 0.622. The van der Waals surface area contributed by atoms with Crippen molar-refractivity contribution in [3.05, 3.63) is 0 Å². The second-order valence-electron chi connectivity index (χ2n) is 5.20. The Hall–Kier alpha value is -0.610. The minimum Gasteiger partial charge on any atom is -0.377 e. The molecule has 0 unspecified atom stereocenters. The van der Waals surface area contributed by atoms with Gasteiger partial charge in [0.1, 0.15) is 0 Å². The van der Waals surface area contributed by atoms with Crippen molar-refractivity contribution in [2.75, 3.05) is 26.8 Å². The van der Waals surface area contributed by atoms with Gasteiger partial charge in [-0.05, 0) is 34.7 Å². The molecule has 1 N–H and O–H groups in total. The average Bonchev–Trinajstić information content (AvgIpc) is 2.16. The molecule has 0 atom stereocenters. The van der Waals surface area contributed by atoms with Crippen LogP contribution in [0.2, 0.25) is 0 Å². The van der Waals surface area contributed by atoms with Crippen LogP contribution in [0.3, 0.4) is 0 Å². The van der Waals surface area contributed by atoms with E-state index in [1.807, 2.05) is 39.6 Å². The van der Waals surface area contributed by atoms with Crippen LogP contribution in [0.15, 0.2) is 0 Å². The second-order valence-corrected chi connectivity index (χ2v) is 5.20. The van der Waals surface area contributed by atoms with E-state index < -0.39 is 5.54 Å². The molecule has 4 heteroatoms. The molecule has 0 saturated carbocycles. The number of hydrogen-bond donors (Lipinski definition) is 1. The monoisotopic (exact) mass is 214 g/mol. The minimum atomic E-state index is -0.505. The van der Waals surface area contributed by atoms with E-state index in [0.29, 0.717) is 19.8 Å². The molecule has 0 aromatic carbocycles. The van der Waals surface area contributed by atoms with Gasteiger partial charge in [-0.3, -0.25) is 4.79 Å². The number of ether oxygens (including phenoxy) is 1. The maximum absolute atomic E-state index is 12.3. The van der Waals surface area contributed by atoms with Crippen LogP contribution in [0.25, 0.3) is 0 Å². The van der Waals surface area contributed by atoms with Gasteiger partial charge in [0.05, 0.1) is 24.3 Å². The summed E-state index contributed by atoms with van der Waals surface area (Å²) in [7, 11) is 1.81. The number of rotatable bonds is 2. The van der Waals surface area contributed by atoms with Gasteiger partial charge in [-0.1, -0.05) is 0 Å². The summed E-state index contributed by atoms with van der Waals surface area (Å²) in [4.78, 5) is 14.2. The smallest absolute Gasteiger partial charge is 0.242 e. The zero-order valence-electron chi connectivity index (χ0n) is 10.4. The van der Waals surface area contributed by atoms with E-state index in [2.05, 4.69) is 5.32 Å². The van der Waals surface area contributed by atoms with Crippen LogP contribution >= 0.6 is 0 Å². The molecule has 0 radical (unpaired) electrons. The maximum atomic E-state index is 12.3. The van der Waals surface area contributed by atoms with E-state index in [0.717, 1.165) is 0 Å². The highest BCUT2D eigenvalue weighted by Gasteiger charge is 2.39. The summed E-state index contributed by atoms with van der Waals surface area (Å²) in [5.74, 6) is 0.137. The van der Waals surface area contributed by atoms with Gasteiger partial charge in [0.15, 0.2) is 0 Å². The van der Waals surface area contributed by atoms with Gasteiger partial charge in [0, 0.05) is 6.54 Å². The Morgan fingerprint density at radius 3 is 2.53 bits per heavy atom. The molecule has 1 fully saturated rings. The summed E-state index contributed by atoms with van der Waals surface area (Å²) in [6, 6.07) is 0. The van der Waals surface area contributed by atoms with E-state index in [-0.39, 0.29) is 11.4 Å². The lowest BCUT2D eigenvalue weighted by Gasteiger charge is -2.45. The molecule has 1 aliphatic rings. The standard InChI is InChI=1S/C11H22N2O2/c1-10(2)8-15-7-6-13(10)9(14)11(3,4)12-5/h12H,6-8H2,1-5H3. The SMILES string of the molecule is CNC(C)(C)C(=O)N1CCOCC1(C)C. The first-order valence-corrected chi connectivity index (χ1v) is 5.40. The molecule has 0 aromatic heterocycles. The molecule has 4 nitrogen and oxygen atoms in total. The van der Waals surface area contributed by atoms with Crippen LogP contribution in [0.1, 0.15) is 27.7 Å². The lowest BCUT2D eigenvalue weighted by Crippen LogP contribution is -2.62. The molecule has 1 amide bonds.